The number of rotatable bonds is 8. The van der Waals surface area contributed by atoms with Crippen LogP contribution in [0.1, 0.15) is 36.8 Å². The number of hydrogen-bond donors (Lipinski definition) is 1. The van der Waals surface area contributed by atoms with Gasteiger partial charge in [-0.25, -0.2) is 0 Å². The molecule has 0 spiro atoms. The average Bonchev–Trinajstić information content (AvgIpc) is 2.86. The number of hydrogen-bond acceptors (Lipinski definition) is 5. The number of nitrogens with one attached hydrogen (secondary N) is 1. The first kappa shape index (κ1) is 25.5. The molecule has 2 atom stereocenters. The van der Waals surface area contributed by atoms with Gasteiger partial charge < -0.3 is 19.7 Å². The predicted molar refractivity (Wildman–Crippen MR) is 141 cm³/mol. The third-order valence-electron chi connectivity index (χ3n) is 6.46. The Morgan fingerprint density at radius 2 is 1.94 bits per heavy atom. The van der Waals surface area contributed by atoms with Gasteiger partial charge in [-0.15, -0.1) is 11.8 Å². The van der Waals surface area contributed by atoms with E-state index in [1.807, 2.05) is 48.5 Å². The van der Waals surface area contributed by atoms with Crippen LogP contribution >= 0.6 is 23.4 Å². The number of carbonyl (C=O) groups is 2. The summed E-state index contributed by atoms with van der Waals surface area (Å²) in [5, 5.41) is 3.93. The number of amides is 2. The largest absolute Gasteiger partial charge is 0.493 e. The fourth-order valence-electron chi connectivity index (χ4n) is 4.70. The molecule has 2 unspecified atom stereocenters. The Hall–Kier alpha value is -2.64. The molecule has 0 radical (unpaired) electrons. The van der Waals surface area contributed by atoms with Crippen molar-refractivity contribution in [1.29, 1.82) is 0 Å². The summed E-state index contributed by atoms with van der Waals surface area (Å²) < 4.78 is 10.6. The van der Waals surface area contributed by atoms with E-state index in [2.05, 4.69) is 5.32 Å². The zero-order chi connectivity index (χ0) is 24.8. The molecule has 2 aliphatic rings. The Kier molecular flexibility index (Phi) is 8.63. The molecular formula is C27H31ClN2O4S. The summed E-state index contributed by atoms with van der Waals surface area (Å²) in [6.45, 7) is 0.545. The van der Waals surface area contributed by atoms with Crippen LogP contribution in [0.4, 0.5) is 0 Å². The number of nitrogens with zero attached hydrogens (tertiary/aromatic N) is 1. The molecule has 1 aliphatic heterocycles. The summed E-state index contributed by atoms with van der Waals surface area (Å²) in [6.07, 6.45) is 6.77. The highest BCUT2D eigenvalue weighted by Gasteiger charge is 2.41. The van der Waals surface area contributed by atoms with Crippen molar-refractivity contribution in [3.63, 3.8) is 0 Å². The highest BCUT2D eigenvalue weighted by atomic mass is 35.5. The molecule has 1 saturated carbocycles. The molecule has 2 aromatic carbocycles. The second-order valence-corrected chi connectivity index (χ2v) is 10.5. The lowest BCUT2D eigenvalue weighted by atomic mass is 9.93. The lowest BCUT2D eigenvalue weighted by molar-refractivity contribution is -0.135. The maximum absolute atomic E-state index is 13.4. The topological polar surface area (TPSA) is 67.9 Å². The summed E-state index contributed by atoms with van der Waals surface area (Å²) in [5.41, 5.74) is 1.93. The number of fused-ring (bicyclic) bond motifs is 1. The van der Waals surface area contributed by atoms with E-state index in [4.69, 9.17) is 21.1 Å². The smallest absolute Gasteiger partial charge is 0.261 e. The van der Waals surface area contributed by atoms with Gasteiger partial charge in [0.25, 0.3) is 5.91 Å². The van der Waals surface area contributed by atoms with Gasteiger partial charge in [-0.05, 0) is 60.7 Å². The summed E-state index contributed by atoms with van der Waals surface area (Å²) >= 11 is 7.78. The number of halogens is 1. The number of carbonyl (C=O) groups excluding carboxylic acids is 2. The van der Waals surface area contributed by atoms with Crippen molar-refractivity contribution >= 4 is 41.3 Å². The first-order valence-corrected chi connectivity index (χ1v) is 13.2. The second kappa shape index (κ2) is 11.9. The van der Waals surface area contributed by atoms with Crippen molar-refractivity contribution in [1.82, 2.24) is 10.2 Å². The SMILES string of the molecule is COc1ccc(CCNC(=O)CN2C(=O)/C(=C/c3cccc(Cl)c3)SC3CCCCC32)cc1OC. The summed E-state index contributed by atoms with van der Waals surface area (Å²) in [6, 6.07) is 13.3. The number of ether oxygens (including phenoxy) is 2. The van der Waals surface area contributed by atoms with Crippen molar-refractivity contribution in [2.75, 3.05) is 27.3 Å². The van der Waals surface area contributed by atoms with Gasteiger partial charge in [0.2, 0.25) is 5.91 Å². The molecule has 0 aromatic heterocycles. The van der Waals surface area contributed by atoms with E-state index in [-0.39, 0.29) is 24.4 Å². The minimum Gasteiger partial charge on any atom is -0.493 e. The molecule has 2 fully saturated rings. The van der Waals surface area contributed by atoms with Crippen LogP contribution in [0.5, 0.6) is 11.5 Å². The molecule has 1 N–H and O–H groups in total. The van der Waals surface area contributed by atoms with E-state index in [0.29, 0.717) is 39.6 Å². The molecule has 4 rings (SSSR count). The number of benzene rings is 2. The Morgan fingerprint density at radius 3 is 2.71 bits per heavy atom. The molecule has 8 heteroatoms. The molecule has 186 valence electrons. The van der Waals surface area contributed by atoms with Gasteiger partial charge in [0.1, 0.15) is 6.54 Å². The summed E-state index contributed by atoms with van der Waals surface area (Å²) in [7, 11) is 3.20. The number of methoxy groups -OCH3 is 2. The fraction of sp³-hybridized carbons (Fsp3) is 0.407. The fourth-order valence-corrected chi connectivity index (χ4v) is 6.37. The van der Waals surface area contributed by atoms with Crippen LogP contribution in [-0.4, -0.2) is 55.3 Å². The lowest BCUT2D eigenvalue weighted by Crippen LogP contribution is -2.54. The summed E-state index contributed by atoms with van der Waals surface area (Å²) in [5.74, 6) is 1.12. The van der Waals surface area contributed by atoms with Crippen molar-refractivity contribution in [3.8, 4) is 11.5 Å². The minimum absolute atomic E-state index is 0.0688. The van der Waals surface area contributed by atoms with Crippen molar-refractivity contribution in [2.45, 2.75) is 43.4 Å². The molecule has 6 nitrogen and oxygen atoms in total. The standard InChI is InChI=1S/C27H31ClN2O4S/c1-33-22-11-10-18(15-23(22)34-2)12-13-29-26(31)17-30-21-8-3-4-9-24(21)35-25(27(30)32)16-19-6-5-7-20(28)14-19/h5-7,10-11,14-16,21,24H,3-4,8-9,12-13,17H2,1-2H3,(H,29,31)/b25-16-. The lowest BCUT2D eigenvalue weighted by Gasteiger charge is -2.43. The van der Waals surface area contributed by atoms with Gasteiger partial charge in [-0.1, -0.05) is 42.6 Å². The van der Waals surface area contributed by atoms with Crippen LogP contribution in [-0.2, 0) is 16.0 Å². The van der Waals surface area contributed by atoms with Crippen molar-refractivity contribution in [3.05, 3.63) is 63.5 Å². The molecule has 1 aliphatic carbocycles. The summed E-state index contributed by atoms with van der Waals surface area (Å²) in [4.78, 5) is 28.7. The molecule has 2 amide bonds. The third-order valence-corrected chi connectivity index (χ3v) is 8.10. The average molecular weight is 515 g/mol. The van der Waals surface area contributed by atoms with Gasteiger partial charge in [0, 0.05) is 22.9 Å². The predicted octanol–water partition coefficient (Wildman–Crippen LogP) is 4.94. The first-order chi connectivity index (χ1) is 17.0. The normalized spacial score (nSPS) is 20.9. The molecular weight excluding hydrogens is 484 g/mol. The van der Waals surface area contributed by atoms with Crippen LogP contribution in [0.2, 0.25) is 5.02 Å². The maximum atomic E-state index is 13.4. The highest BCUT2D eigenvalue weighted by Crippen LogP contribution is 2.42. The van der Waals surface area contributed by atoms with Crippen LogP contribution in [0.25, 0.3) is 6.08 Å². The van der Waals surface area contributed by atoms with Gasteiger partial charge >= 0.3 is 0 Å². The quantitative estimate of drug-likeness (QED) is 0.505. The van der Waals surface area contributed by atoms with E-state index in [1.165, 1.54) is 0 Å². The van der Waals surface area contributed by atoms with Gasteiger partial charge in [0.15, 0.2) is 11.5 Å². The van der Waals surface area contributed by atoms with E-state index in [0.717, 1.165) is 36.8 Å². The molecule has 0 bridgehead atoms. The van der Waals surface area contributed by atoms with Crippen molar-refractivity contribution < 1.29 is 19.1 Å². The van der Waals surface area contributed by atoms with Gasteiger partial charge in [-0.3, -0.25) is 9.59 Å². The van der Waals surface area contributed by atoms with Crippen LogP contribution < -0.4 is 14.8 Å². The third kappa shape index (κ3) is 6.33. The van der Waals surface area contributed by atoms with E-state index in [1.54, 1.807) is 30.9 Å². The maximum Gasteiger partial charge on any atom is 0.261 e. The first-order valence-electron chi connectivity index (χ1n) is 11.9. The number of thioether (sulfide) groups is 1. The van der Waals surface area contributed by atoms with E-state index < -0.39 is 0 Å². The molecule has 1 heterocycles. The van der Waals surface area contributed by atoms with E-state index >= 15 is 0 Å². The Morgan fingerprint density at radius 1 is 1.14 bits per heavy atom. The molecule has 35 heavy (non-hydrogen) atoms. The van der Waals surface area contributed by atoms with Crippen LogP contribution in [0, 0.1) is 0 Å². The molecule has 1 saturated heterocycles. The highest BCUT2D eigenvalue weighted by molar-refractivity contribution is 8.04. The second-order valence-electron chi connectivity index (χ2n) is 8.79. The monoisotopic (exact) mass is 514 g/mol. The zero-order valence-electron chi connectivity index (χ0n) is 20.1. The van der Waals surface area contributed by atoms with Gasteiger partial charge in [-0.2, -0.15) is 0 Å². The Labute approximate surface area is 216 Å². The van der Waals surface area contributed by atoms with Crippen molar-refractivity contribution in [2.24, 2.45) is 0 Å². The Bertz CT molecular complexity index is 1110. The van der Waals surface area contributed by atoms with E-state index in [9.17, 15) is 9.59 Å². The van der Waals surface area contributed by atoms with Gasteiger partial charge in [0.05, 0.1) is 19.1 Å². The molecule has 2 aromatic rings. The minimum atomic E-state index is -0.142. The van der Waals surface area contributed by atoms with Crippen LogP contribution in [0.15, 0.2) is 47.4 Å². The Balaban J connectivity index is 1.41. The zero-order valence-corrected chi connectivity index (χ0v) is 21.7. The van der Waals surface area contributed by atoms with Crippen LogP contribution in [0.3, 0.4) is 0 Å².